The summed E-state index contributed by atoms with van der Waals surface area (Å²) in [6.45, 7) is 0.550. The smallest absolute Gasteiger partial charge is 0.251 e. The van der Waals surface area contributed by atoms with E-state index in [4.69, 9.17) is 17.3 Å². The standard InChI is InChI=1S/C12H15ClN2O/c13-10-4-2-9(3-5-10)11(16)15-8-12(14)6-1-7-12/h2-5H,1,6-8,14H2,(H,15,16). The first-order valence-electron chi connectivity index (χ1n) is 5.42. The molecule has 1 amide bonds. The van der Waals surface area contributed by atoms with Gasteiger partial charge in [-0.3, -0.25) is 4.79 Å². The highest BCUT2D eigenvalue weighted by Gasteiger charge is 2.32. The second kappa shape index (κ2) is 4.44. The van der Waals surface area contributed by atoms with Gasteiger partial charge in [-0.2, -0.15) is 0 Å². The molecule has 1 aromatic carbocycles. The molecule has 0 aliphatic heterocycles. The molecule has 0 bridgehead atoms. The first-order valence-corrected chi connectivity index (χ1v) is 5.80. The van der Waals surface area contributed by atoms with Crippen LogP contribution in [0.3, 0.4) is 0 Å². The van der Waals surface area contributed by atoms with Gasteiger partial charge < -0.3 is 11.1 Å². The molecule has 1 aliphatic rings. The minimum absolute atomic E-state index is 0.0895. The third-order valence-corrected chi connectivity index (χ3v) is 3.31. The summed E-state index contributed by atoms with van der Waals surface area (Å²) in [5, 5.41) is 3.48. The van der Waals surface area contributed by atoms with E-state index in [1.807, 2.05) is 0 Å². The number of hydrogen-bond acceptors (Lipinski definition) is 2. The van der Waals surface area contributed by atoms with Gasteiger partial charge in [0.2, 0.25) is 0 Å². The number of carbonyl (C=O) groups excluding carboxylic acids is 1. The maximum Gasteiger partial charge on any atom is 0.251 e. The average Bonchev–Trinajstić information content (AvgIpc) is 2.24. The molecule has 0 radical (unpaired) electrons. The molecule has 0 heterocycles. The van der Waals surface area contributed by atoms with Crippen molar-refractivity contribution < 1.29 is 4.79 Å². The lowest BCUT2D eigenvalue weighted by molar-refractivity contribution is 0.0930. The molecule has 1 aromatic rings. The fourth-order valence-corrected chi connectivity index (χ4v) is 1.89. The Morgan fingerprint density at radius 2 is 2.00 bits per heavy atom. The fourth-order valence-electron chi connectivity index (χ4n) is 1.77. The van der Waals surface area contributed by atoms with Gasteiger partial charge in [-0.25, -0.2) is 0 Å². The van der Waals surface area contributed by atoms with Gasteiger partial charge in [0.15, 0.2) is 0 Å². The van der Waals surface area contributed by atoms with E-state index in [9.17, 15) is 4.79 Å². The van der Waals surface area contributed by atoms with Crippen LogP contribution in [0, 0.1) is 0 Å². The van der Waals surface area contributed by atoms with E-state index in [0.29, 0.717) is 17.1 Å². The van der Waals surface area contributed by atoms with E-state index < -0.39 is 0 Å². The normalized spacial score (nSPS) is 17.6. The molecule has 16 heavy (non-hydrogen) atoms. The Labute approximate surface area is 100.0 Å². The Bertz CT molecular complexity index is 385. The quantitative estimate of drug-likeness (QED) is 0.846. The van der Waals surface area contributed by atoms with E-state index >= 15 is 0 Å². The summed E-state index contributed by atoms with van der Waals surface area (Å²) in [5.41, 5.74) is 6.46. The second-order valence-corrected chi connectivity index (χ2v) is 4.84. The summed E-state index contributed by atoms with van der Waals surface area (Å²) in [6.07, 6.45) is 3.15. The summed E-state index contributed by atoms with van der Waals surface area (Å²) < 4.78 is 0. The molecule has 3 N–H and O–H groups in total. The molecule has 1 aliphatic carbocycles. The van der Waals surface area contributed by atoms with Gasteiger partial charge in [0.25, 0.3) is 5.91 Å². The van der Waals surface area contributed by atoms with Crippen LogP contribution in [0.1, 0.15) is 29.6 Å². The first-order chi connectivity index (χ1) is 7.59. The maximum absolute atomic E-state index is 11.7. The minimum atomic E-state index is -0.178. The lowest BCUT2D eigenvalue weighted by atomic mass is 9.78. The molecule has 1 saturated carbocycles. The molecule has 0 saturated heterocycles. The van der Waals surface area contributed by atoms with Gasteiger partial charge in [0.05, 0.1) is 0 Å². The molecule has 0 spiro atoms. The lowest BCUT2D eigenvalue weighted by Crippen LogP contribution is -2.54. The van der Waals surface area contributed by atoms with E-state index in [1.165, 1.54) is 0 Å². The second-order valence-electron chi connectivity index (χ2n) is 4.41. The van der Waals surface area contributed by atoms with Crippen molar-refractivity contribution in [3.63, 3.8) is 0 Å². The maximum atomic E-state index is 11.7. The number of hydrogen-bond donors (Lipinski definition) is 2. The van der Waals surface area contributed by atoms with Gasteiger partial charge in [-0.05, 0) is 43.5 Å². The van der Waals surface area contributed by atoms with Crippen molar-refractivity contribution in [2.24, 2.45) is 5.73 Å². The topological polar surface area (TPSA) is 55.1 Å². The summed E-state index contributed by atoms with van der Waals surface area (Å²) >= 11 is 5.75. The molecular formula is C12H15ClN2O. The first kappa shape index (κ1) is 11.4. The van der Waals surface area contributed by atoms with Crippen molar-refractivity contribution in [1.29, 1.82) is 0 Å². The van der Waals surface area contributed by atoms with Crippen LogP contribution < -0.4 is 11.1 Å². The Kier molecular flexibility index (Phi) is 3.17. The van der Waals surface area contributed by atoms with Crippen molar-refractivity contribution in [2.75, 3.05) is 6.54 Å². The van der Waals surface area contributed by atoms with Crippen molar-refractivity contribution in [1.82, 2.24) is 5.32 Å². The predicted octanol–water partition coefficient (Wildman–Crippen LogP) is 1.95. The summed E-state index contributed by atoms with van der Waals surface area (Å²) in [5.74, 6) is -0.0895. The van der Waals surface area contributed by atoms with Crippen LogP contribution >= 0.6 is 11.6 Å². The van der Waals surface area contributed by atoms with Crippen molar-refractivity contribution in [3.05, 3.63) is 34.9 Å². The van der Waals surface area contributed by atoms with Crippen LogP contribution in [-0.4, -0.2) is 18.0 Å². The van der Waals surface area contributed by atoms with Gasteiger partial charge in [0.1, 0.15) is 0 Å². The number of nitrogens with one attached hydrogen (secondary N) is 1. The van der Waals surface area contributed by atoms with Gasteiger partial charge >= 0.3 is 0 Å². The Hall–Kier alpha value is -1.06. The minimum Gasteiger partial charge on any atom is -0.350 e. The molecule has 0 unspecified atom stereocenters. The van der Waals surface area contributed by atoms with Crippen LogP contribution in [0.2, 0.25) is 5.02 Å². The highest BCUT2D eigenvalue weighted by atomic mass is 35.5. The zero-order valence-corrected chi connectivity index (χ0v) is 9.76. The SMILES string of the molecule is NC1(CNC(=O)c2ccc(Cl)cc2)CCC1. The van der Waals surface area contributed by atoms with Crippen molar-refractivity contribution in [3.8, 4) is 0 Å². The van der Waals surface area contributed by atoms with E-state index in [0.717, 1.165) is 19.3 Å². The van der Waals surface area contributed by atoms with Crippen molar-refractivity contribution in [2.45, 2.75) is 24.8 Å². The van der Waals surface area contributed by atoms with Crippen LogP contribution in [0.5, 0.6) is 0 Å². The van der Waals surface area contributed by atoms with Crippen LogP contribution in [0.25, 0.3) is 0 Å². The van der Waals surface area contributed by atoms with Crippen LogP contribution in [0.4, 0.5) is 0 Å². The zero-order valence-electron chi connectivity index (χ0n) is 9.00. The average molecular weight is 239 g/mol. The summed E-state index contributed by atoms with van der Waals surface area (Å²) in [4.78, 5) is 11.7. The molecule has 4 heteroatoms. The molecule has 0 atom stereocenters. The number of halogens is 1. The fraction of sp³-hybridized carbons (Fsp3) is 0.417. The third-order valence-electron chi connectivity index (χ3n) is 3.06. The highest BCUT2D eigenvalue weighted by Crippen LogP contribution is 2.28. The third kappa shape index (κ3) is 2.54. The molecule has 86 valence electrons. The molecule has 2 rings (SSSR count). The molecule has 1 fully saturated rings. The van der Waals surface area contributed by atoms with Crippen LogP contribution in [0.15, 0.2) is 24.3 Å². The van der Waals surface area contributed by atoms with Gasteiger partial charge in [-0.15, -0.1) is 0 Å². The lowest BCUT2D eigenvalue weighted by Gasteiger charge is -2.38. The highest BCUT2D eigenvalue weighted by molar-refractivity contribution is 6.30. The van der Waals surface area contributed by atoms with E-state index in [2.05, 4.69) is 5.32 Å². The number of nitrogens with two attached hydrogens (primary N) is 1. The number of benzene rings is 1. The Morgan fingerprint density at radius 3 is 2.50 bits per heavy atom. The molecule has 3 nitrogen and oxygen atoms in total. The summed E-state index contributed by atoms with van der Waals surface area (Å²) in [6, 6.07) is 6.83. The zero-order chi connectivity index (χ0) is 11.6. The van der Waals surface area contributed by atoms with Crippen molar-refractivity contribution >= 4 is 17.5 Å². The molecular weight excluding hydrogens is 224 g/mol. The number of amides is 1. The van der Waals surface area contributed by atoms with Gasteiger partial charge in [-0.1, -0.05) is 11.6 Å². The largest absolute Gasteiger partial charge is 0.350 e. The van der Waals surface area contributed by atoms with Crippen LogP contribution in [-0.2, 0) is 0 Å². The Morgan fingerprint density at radius 1 is 1.38 bits per heavy atom. The summed E-state index contributed by atoms with van der Waals surface area (Å²) in [7, 11) is 0. The Balaban J connectivity index is 1.90. The van der Waals surface area contributed by atoms with E-state index in [-0.39, 0.29) is 11.4 Å². The number of rotatable bonds is 3. The van der Waals surface area contributed by atoms with Gasteiger partial charge in [0, 0.05) is 22.7 Å². The van der Waals surface area contributed by atoms with E-state index in [1.54, 1.807) is 24.3 Å². The monoisotopic (exact) mass is 238 g/mol. The predicted molar refractivity (Wildman–Crippen MR) is 64.6 cm³/mol. The number of carbonyl (C=O) groups is 1. The molecule has 0 aromatic heterocycles.